The van der Waals surface area contributed by atoms with Gasteiger partial charge in [0, 0.05) is 18.1 Å². The first-order valence-corrected chi connectivity index (χ1v) is 7.35. The minimum absolute atomic E-state index is 0.0480. The molecule has 1 amide bonds. The largest absolute Gasteiger partial charge is 0.342 e. The highest BCUT2D eigenvalue weighted by Crippen LogP contribution is 2.23. The van der Waals surface area contributed by atoms with Crippen LogP contribution < -0.4 is 5.56 Å². The summed E-state index contributed by atoms with van der Waals surface area (Å²) >= 11 is 11.9. The van der Waals surface area contributed by atoms with Gasteiger partial charge in [0.15, 0.2) is 0 Å². The van der Waals surface area contributed by atoms with Crippen molar-refractivity contribution in [2.75, 3.05) is 13.1 Å². The number of carbonyl (C=O) groups excluding carboxylic acids is 1. The lowest BCUT2D eigenvalue weighted by Crippen LogP contribution is -2.36. The molecule has 0 spiro atoms. The molecule has 0 aliphatic carbocycles. The van der Waals surface area contributed by atoms with Gasteiger partial charge in [0.25, 0.3) is 5.56 Å². The van der Waals surface area contributed by atoms with E-state index in [4.69, 9.17) is 23.2 Å². The highest BCUT2D eigenvalue weighted by molar-refractivity contribution is 6.38. The molecule has 1 aromatic heterocycles. The molecule has 0 unspecified atom stereocenters. The van der Waals surface area contributed by atoms with E-state index < -0.39 is 0 Å². The summed E-state index contributed by atoms with van der Waals surface area (Å²) < 4.78 is 1.27. The Labute approximate surface area is 132 Å². The maximum Gasteiger partial charge on any atom is 0.261 e. The molecule has 5 nitrogen and oxygen atoms in total. The molecule has 1 heterocycles. The standard InChI is InChI=1S/C14H15Cl2N3O2/c1-3-18(4-2)12(20)7-19-8-17-13-10(14(19)21)5-9(15)6-11(13)16/h5-6,8H,3-4,7H2,1-2H3. The van der Waals surface area contributed by atoms with Gasteiger partial charge in [-0.15, -0.1) is 0 Å². The monoisotopic (exact) mass is 327 g/mol. The average Bonchev–Trinajstić information content (AvgIpc) is 2.43. The van der Waals surface area contributed by atoms with Crippen LogP contribution in [0.25, 0.3) is 10.9 Å². The van der Waals surface area contributed by atoms with Crippen molar-refractivity contribution in [3.8, 4) is 0 Å². The first-order chi connectivity index (χ1) is 9.97. The first kappa shape index (κ1) is 15.8. The Morgan fingerprint density at radius 2 is 1.95 bits per heavy atom. The molecule has 0 saturated heterocycles. The number of carbonyl (C=O) groups is 1. The second-order valence-corrected chi connectivity index (χ2v) is 5.37. The summed E-state index contributed by atoms with van der Waals surface area (Å²) in [7, 11) is 0. The number of hydrogen-bond donors (Lipinski definition) is 0. The summed E-state index contributed by atoms with van der Waals surface area (Å²) in [5.41, 5.74) is 0.0579. The number of halogens is 2. The number of benzene rings is 1. The number of aromatic nitrogens is 2. The van der Waals surface area contributed by atoms with Crippen molar-refractivity contribution in [3.63, 3.8) is 0 Å². The molecule has 2 aromatic rings. The van der Waals surface area contributed by atoms with Crippen LogP contribution in [0.1, 0.15) is 13.8 Å². The molecule has 0 radical (unpaired) electrons. The molecule has 0 saturated carbocycles. The summed E-state index contributed by atoms with van der Waals surface area (Å²) in [6, 6.07) is 3.04. The Morgan fingerprint density at radius 3 is 2.57 bits per heavy atom. The fourth-order valence-electron chi connectivity index (χ4n) is 2.13. The van der Waals surface area contributed by atoms with E-state index in [9.17, 15) is 9.59 Å². The molecule has 0 aliphatic heterocycles. The van der Waals surface area contributed by atoms with Crippen LogP contribution >= 0.6 is 23.2 Å². The van der Waals surface area contributed by atoms with Crippen LogP contribution in [0, 0.1) is 0 Å². The summed E-state index contributed by atoms with van der Waals surface area (Å²) in [5.74, 6) is -0.128. The number of hydrogen-bond acceptors (Lipinski definition) is 3. The normalized spacial score (nSPS) is 10.9. The highest BCUT2D eigenvalue weighted by Gasteiger charge is 2.14. The molecule has 0 N–H and O–H groups in total. The topological polar surface area (TPSA) is 55.2 Å². The molecule has 0 fully saturated rings. The van der Waals surface area contributed by atoms with Gasteiger partial charge in [-0.3, -0.25) is 14.2 Å². The van der Waals surface area contributed by atoms with E-state index in [1.807, 2.05) is 13.8 Å². The smallest absolute Gasteiger partial charge is 0.261 e. The minimum Gasteiger partial charge on any atom is -0.342 e. The van der Waals surface area contributed by atoms with Crippen molar-refractivity contribution >= 4 is 40.0 Å². The zero-order valence-electron chi connectivity index (χ0n) is 11.8. The predicted octanol–water partition coefficient (Wildman–Crippen LogP) is 2.57. The van der Waals surface area contributed by atoms with E-state index in [2.05, 4.69) is 4.98 Å². The number of nitrogens with zero attached hydrogens (tertiary/aromatic N) is 3. The maximum absolute atomic E-state index is 12.4. The van der Waals surface area contributed by atoms with Crippen LogP contribution in [0.2, 0.25) is 10.0 Å². The van der Waals surface area contributed by atoms with Gasteiger partial charge in [-0.05, 0) is 26.0 Å². The molecule has 0 aliphatic rings. The van der Waals surface area contributed by atoms with Gasteiger partial charge in [-0.25, -0.2) is 4.98 Å². The molecule has 112 valence electrons. The highest BCUT2D eigenvalue weighted by atomic mass is 35.5. The Bertz CT molecular complexity index is 739. The van der Waals surface area contributed by atoms with Crippen LogP contribution in [0.5, 0.6) is 0 Å². The quantitative estimate of drug-likeness (QED) is 0.867. The lowest BCUT2D eigenvalue weighted by atomic mass is 10.2. The Balaban J connectivity index is 2.45. The maximum atomic E-state index is 12.4. The van der Waals surface area contributed by atoms with E-state index in [0.29, 0.717) is 34.0 Å². The van der Waals surface area contributed by atoms with Gasteiger partial charge in [-0.2, -0.15) is 0 Å². The molecular weight excluding hydrogens is 313 g/mol. The summed E-state index contributed by atoms with van der Waals surface area (Å²) in [5, 5.41) is 0.985. The van der Waals surface area contributed by atoms with Crippen LogP contribution in [-0.4, -0.2) is 33.4 Å². The van der Waals surface area contributed by atoms with Gasteiger partial charge in [0.05, 0.1) is 22.3 Å². The van der Waals surface area contributed by atoms with Crippen LogP contribution in [0.15, 0.2) is 23.3 Å². The predicted molar refractivity (Wildman–Crippen MR) is 84.0 cm³/mol. The van der Waals surface area contributed by atoms with Gasteiger partial charge in [0.2, 0.25) is 5.91 Å². The Morgan fingerprint density at radius 1 is 1.29 bits per heavy atom. The van der Waals surface area contributed by atoms with E-state index in [1.165, 1.54) is 23.0 Å². The van der Waals surface area contributed by atoms with Crippen LogP contribution in [0.3, 0.4) is 0 Å². The fourth-order valence-corrected chi connectivity index (χ4v) is 2.67. The number of amides is 1. The van der Waals surface area contributed by atoms with Crippen LogP contribution in [-0.2, 0) is 11.3 Å². The third-order valence-electron chi connectivity index (χ3n) is 3.27. The molecule has 0 atom stereocenters. The first-order valence-electron chi connectivity index (χ1n) is 6.59. The zero-order chi connectivity index (χ0) is 15.6. The zero-order valence-corrected chi connectivity index (χ0v) is 13.3. The number of fused-ring (bicyclic) bond motifs is 1. The van der Waals surface area contributed by atoms with Crippen molar-refractivity contribution in [1.82, 2.24) is 14.5 Å². The van der Waals surface area contributed by atoms with Crippen molar-refractivity contribution in [2.45, 2.75) is 20.4 Å². The van der Waals surface area contributed by atoms with E-state index in [1.54, 1.807) is 4.90 Å². The van der Waals surface area contributed by atoms with E-state index in [0.717, 1.165) is 0 Å². The number of likely N-dealkylation sites (N-methyl/N-ethyl adjacent to an activating group) is 1. The fraction of sp³-hybridized carbons (Fsp3) is 0.357. The van der Waals surface area contributed by atoms with Crippen molar-refractivity contribution in [3.05, 3.63) is 38.9 Å². The number of rotatable bonds is 4. The van der Waals surface area contributed by atoms with Gasteiger partial charge in [0.1, 0.15) is 6.54 Å². The molecule has 2 rings (SSSR count). The van der Waals surface area contributed by atoms with Crippen LogP contribution in [0.4, 0.5) is 0 Å². The molecule has 21 heavy (non-hydrogen) atoms. The minimum atomic E-state index is -0.329. The Kier molecular flexibility index (Phi) is 4.85. The molecular formula is C14H15Cl2N3O2. The van der Waals surface area contributed by atoms with E-state index >= 15 is 0 Å². The third-order valence-corrected chi connectivity index (χ3v) is 3.77. The van der Waals surface area contributed by atoms with Crippen molar-refractivity contribution in [2.24, 2.45) is 0 Å². The lowest BCUT2D eigenvalue weighted by Gasteiger charge is -2.19. The molecule has 7 heteroatoms. The van der Waals surface area contributed by atoms with Crippen molar-refractivity contribution < 1.29 is 4.79 Å². The third kappa shape index (κ3) is 3.19. The van der Waals surface area contributed by atoms with E-state index in [-0.39, 0.29) is 18.0 Å². The summed E-state index contributed by atoms with van der Waals surface area (Å²) in [6.45, 7) is 4.93. The van der Waals surface area contributed by atoms with Gasteiger partial charge in [-0.1, -0.05) is 23.2 Å². The summed E-state index contributed by atoms with van der Waals surface area (Å²) in [4.78, 5) is 30.3. The second kappa shape index (κ2) is 6.45. The molecule has 0 bridgehead atoms. The lowest BCUT2D eigenvalue weighted by molar-refractivity contribution is -0.131. The average molecular weight is 328 g/mol. The summed E-state index contributed by atoms with van der Waals surface area (Å²) in [6.07, 6.45) is 1.34. The molecule has 1 aromatic carbocycles. The SMILES string of the molecule is CCN(CC)C(=O)Cn1cnc2c(Cl)cc(Cl)cc2c1=O. The van der Waals surface area contributed by atoms with Gasteiger partial charge >= 0.3 is 0 Å². The van der Waals surface area contributed by atoms with Crippen molar-refractivity contribution in [1.29, 1.82) is 0 Å². The Hall–Kier alpha value is -1.59. The second-order valence-electron chi connectivity index (χ2n) is 4.53. The van der Waals surface area contributed by atoms with Gasteiger partial charge < -0.3 is 4.90 Å².